The van der Waals surface area contributed by atoms with Crippen molar-refractivity contribution in [3.05, 3.63) is 65.5 Å². The minimum absolute atomic E-state index is 0.0546. The first kappa shape index (κ1) is 14.7. The highest BCUT2D eigenvalue weighted by Gasteiger charge is 2.09. The third-order valence-corrected chi connectivity index (χ3v) is 3.66. The average Bonchev–Trinajstić information content (AvgIpc) is 2.36. The lowest BCUT2D eigenvalue weighted by molar-refractivity contribution is -0.116. The zero-order valence-corrected chi connectivity index (χ0v) is 11.2. The van der Waals surface area contributed by atoms with Crippen molar-refractivity contribution < 1.29 is 18.0 Å². The zero-order chi connectivity index (χ0) is 14.5. The largest absolute Gasteiger partial charge is 0.298 e. The van der Waals surface area contributed by atoms with Gasteiger partial charge in [0, 0.05) is 17.4 Å². The lowest BCUT2D eigenvalue weighted by Gasteiger charge is -2.03. The van der Waals surface area contributed by atoms with Crippen molar-refractivity contribution in [2.75, 3.05) is 5.75 Å². The fourth-order valence-corrected chi connectivity index (χ4v) is 2.51. The van der Waals surface area contributed by atoms with Crippen molar-refractivity contribution in [1.82, 2.24) is 0 Å². The lowest BCUT2D eigenvalue weighted by atomic mass is 10.1. The highest BCUT2D eigenvalue weighted by atomic mass is 32.2. The summed E-state index contributed by atoms with van der Waals surface area (Å²) in [5, 5.41) is 0. The topological polar surface area (TPSA) is 17.1 Å². The number of hydrogen-bond acceptors (Lipinski definition) is 2. The van der Waals surface area contributed by atoms with E-state index < -0.39 is 11.6 Å². The molecule has 20 heavy (non-hydrogen) atoms. The molecule has 0 heterocycles. The number of halogens is 3. The molecular formula is C15H11F3OS. The summed E-state index contributed by atoms with van der Waals surface area (Å²) in [6, 6.07) is 9.13. The minimum atomic E-state index is -0.713. The number of rotatable bonds is 5. The molecule has 0 saturated heterocycles. The molecule has 0 atom stereocenters. The van der Waals surface area contributed by atoms with Gasteiger partial charge in [0.2, 0.25) is 0 Å². The molecule has 1 nitrogen and oxygen atoms in total. The van der Waals surface area contributed by atoms with Crippen LogP contribution in [-0.2, 0) is 11.2 Å². The van der Waals surface area contributed by atoms with Crippen LogP contribution in [0, 0.1) is 17.5 Å². The Bertz CT molecular complexity index is 608. The average molecular weight is 296 g/mol. The van der Waals surface area contributed by atoms with E-state index in [1.54, 1.807) is 18.2 Å². The number of Topliss-reactive ketones (excluding diaryl/α,β-unsaturated/α-hetero) is 1. The first-order chi connectivity index (χ1) is 9.54. The van der Waals surface area contributed by atoms with E-state index >= 15 is 0 Å². The van der Waals surface area contributed by atoms with Gasteiger partial charge in [0.25, 0.3) is 0 Å². The van der Waals surface area contributed by atoms with Crippen LogP contribution in [0.3, 0.4) is 0 Å². The monoisotopic (exact) mass is 296 g/mol. The summed E-state index contributed by atoms with van der Waals surface area (Å²) in [6.07, 6.45) is -0.0733. The molecule has 0 fully saturated rings. The Kier molecular flexibility index (Phi) is 4.84. The van der Waals surface area contributed by atoms with Crippen molar-refractivity contribution in [2.24, 2.45) is 0 Å². The molecule has 0 amide bonds. The van der Waals surface area contributed by atoms with Gasteiger partial charge in [0.05, 0.1) is 5.75 Å². The fraction of sp³-hybridized carbons (Fsp3) is 0.133. The maximum Gasteiger partial charge on any atom is 0.147 e. The molecule has 0 aliphatic heterocycles. The van der Waals surface area contributed by atoms with Gasteiger partial charge in [0.1, 0.15) is 23.2 Å². The molecule has 0 spiro atoms. The van der Waals surface area contributed by atoms with E-state index in [1.807, 2.05) is 0 Å². The van der Waals surface area contributed by atoms with Crippen LogP contribution < -0.4 is 0 Å². The standard InChI is InChI=1S/C15H11F3OS/c16-11-5-10(6-12(17)8-11)7-13(19)9-20-15-4-2-1-3-14(15)18/h1-6,8H,7,9H2. The SMILES string of the molecule is O=C(CSc1ccccc1F)Cc1cc(F)cc(F)c1. The molecule has 2 aromatic rings. The molecular weight excluding hydrogens is 285 g/mol. The first-order valence-corrected chi connectivity index (χ1v) is 6.87. The Morgan fingerprint density at radius 1 is 1.00 bits per heavy atom. The fourth-order valence-electron chi connectivity index (χ4n) is 1.71. The van der Waals surface area contributed by atoms with Gasteiger partial charge in [-0.1, -0.05) is 12.1 Å². The van der Waals surface area contributed by atoms with Crippen molar-refractivity contribution in [3.8, 4) is 0 Å². The third kappa shape index (κ3) is 4.13. The molecule has 0 aliphatic rings. The molecule has 0 unspecified atom stereocenters. The Balaban J connectivity index is 1.94. The summed E-state index contributed by atoms with van der Waals surface area (Å²) in [5.41, 5.74) is 0.279. The first-order valence-electron chi connectivity index (χ1n) is 5.88. The second-order valence-electron chi connectivity index (χ2n) is 4.21. The molecule has 0 saturated carbocycles. The highest BCUT2D eigenvalue weighted by molar-refractivity contribution is 8.00. The molecule has 0 aromatic heterocycles. The number of hydrogen-bond donors (Lipinski definition) is 0. The summed E-state index contributed by atoms with van der Waals surface area (Å²) in [7, 11) is 0. The molecule has 5 heteroatoms. The van der Waals surface area contributed by atoms with E-state index in [9.17, 15) is 18.0 Å². The molecule has 2 aromatic carbocycles. The van der Waals surface area contributed by atoms with Gasteiger partial charge >= 0.3 is 0 Å². The van der Waals surface area contributed by atoms with Gasteiger partial charge in [-0.3, -0.25) is 4.79 Å². The van der Waals surface area contributed by atoms with Gasteiger partial charge in [0.15, 0.2) is 0 Å². The summed E-state index contributed by atoms with van der Waals surface area (Å²) >= 11 is 1.07. The zero-order valence-electron chi connectivity index (χ0n) is 10.4. The summed E-state index contributed by atoms with van der Waals surface area (Å²) < 4.78 is 39.3. The van der Waals surface area contributed by atoms with Crippen LogP contribution in [0.2, 0.25) is 0 Å². The number of thioether (sulfide) groups is 1. The van der Waals surface area contributed by atoms with E-state index in [-0.39, 0.29) is 29.3 Å². The van der Waals surface area contributed by atoms with Crippen LogP contribution in [0.25, 0.3) is 0 Å². The molecule has 0 aliphatic carbocycles. The summed E-state index contributed by atoms with van der Waals surface area (Å²) in [6.45, 7) is 0. The van der Waals surface area contributed by atoms with E-state index in [4.69, 9.17) is 0 Å². The van der Waals surface area contributed by atoms with E-state index in [0.717, 1.165) is 30.0 Å². The predicted molar refractivity (Wildman–Crippen MR) is 72.2 cm³/mol. The Labute approximate surface area is 118 Å². The predicted octanol–water partition coefficient (Wildman–Crippen LogP) is 4.01. The van der Waals surface area contributed by atoms with Crippen LogP contribution in [0.15, 0.2) is 47.4 Å². The number of carbonyl (C=O) groups is 1. The van der Waals surface area contributed by atoms with Gasteiger partial charge in [-0.25, -0.2) is 13.2 Å². The molecule has 0 radical (unpaired) electrons. The van der Waals surface area contributed by atoms with E-state index in [1.165, 1.54) is 6.07 Å². The van der Waals surface area contributed by atoms with E-state index in [2.05, 4.69) is 0 Å². The van der Waals surface area contributed by atoms with Gasteiger partial charge in [-0.15, -0.1) is 11.8 Å². The quantitative estimate of drug-likeness (QED) is 0.776. The van der Waals surface area contributed by atoms with Crippen LogP contribution in [0.5, 0.6) is 0 Å². The van der Waals surface area contributed by atoms with Crippen molar-refractivity contribution in [3.63, 3.8) is 0 Å². The Morgan fingerprint density at radius 2 is 1.65 bits per heavy atom. The molecule has 0 N–H and O–H groups in total. The van der Waals surface area contributed by atoms with Gasteiger partial charge in [-0.2, -0.15) is 0 Å². The van der Waals surface area contributed by atoms with Crippen LogP contribution in [0.4, 0.5) is 13.2 Å². The lowest BCUT2D eigenvalue weighted by Crippen LogP contribution is -2.06. The number of benzene rings is 2. The number of ketones is 1. The second kappa shape index (κ2) is 6.61. The Morgan fingerprint density at radius 3 is 2.30 bits per heavy atom. The minimum Gasteiger partial charge on any atom is -0.298 e. The van der Waals surface area contributed by atoms with Crippen molar-refractivity contribution in [1.29, 1.82) is 0 Å². The third-order valence-electron chi connectivity index (χ3n) is 2.55. The number of carbonyl (C=O) groups excluding carboxylic acids is 1. The van der Waals surface area contributed by atoms with Gasteiger partial charge < -0.3 is 0 Å². The molecule has 0 bridgehead atoms. The maximum absolute atomic E-state index is 13.3. The van der Waals surface area contributed by atoms with Crippen molar-refractivity contribution in [2.45, 2.75) is 11.3 Å². The molecule has 104 valence electrons. The smallest absolute Gasteiger partial charge is 0.147 e. The van der Waals surface area contributed by atoms with Crippen LogP contribution >= 0.6 is 11.8 Å². The van der Waals surface area contributed by atoms with Crippen LogP contribution in [0.1, 0.15) is 5.56 Å². The maximum atomic E-state index is 13.3. The van der Waals surface area contributed by atoms with Crippen molar-refractivity contribution >= 4 is 17.5 Å². The highest BCUT2D eigenvalue weighted by Crippen LogP contribution is 2.21. The second-order valence-corrected chi connectivity index (χ2v) is 5.23. The molecule has 2 rings (SSSR count). The summed E-state index contributed by atoms with van der Waals surface area (Å²) in [4.78, 5) is 12.1. The normalized spacial score (nSPS) is 10.6. The van der Waals surface area contributed by atoms with E-state index in [0.29, 0.717) is 4.90 Å². The Hall–Kier alpha value is -1.75. The summed E-state index contributed by atoms with van der Waals surface area (Å²) in [5.74, 6) is -1.98. The van der Waals surface area contributed by atoms with Gasteiger partial charge in [-0.05, 0) is 29.8 Å². The van der Waals surface area contributed by atoms with Crippen LogP contribution in [-0.4, -0.2) is 11.5 Å².